The highest BCUT2D eigenvalue weighted by Gasteiger charge is 2.29. The molecule has 1 fully saturated rings. The molecule has 102 valence electrons. The fraction of sp³-hybridized carbons (Fsp3) is 1.00. The fourth-order valence-electron chi connectivity index (χ4n) is 2.54. The molecule has 1 saturated heterocycles. The molecule has 1 heterocycles. The summed E-state index contributed by atoms with van der Waals surface area (Å²) in [6.07, 6.45) is 7.38. The maximum Gasteiger partial charge on any atom is 0.0753 e. The number of aliphatic hydroxyl groups is 1. The maximum atomic E-state index is 9.63. The molecule has 0 aliphatic carbocycles. The molecule has 0 aromatic rings. The number of rotatable bonds is 9. The lowest BCUT2D eigenvalue weighted by Gasteiger charge is -2.34. The first-order valence-electron chi connectivity index (χ1n) is 7.30. The lowest BCUT2D eigenvalue weighted by atomic mass is 10.1. The molecule has 0 saturated carbocycles. The van der Waals surface area contributed by atoms with Crippen LogP contribution >= 0.6 is 0 Å². The van der Waals surface area contributed by atoms with E-state index in [4.69, 9.17) is 4.74 Å². The fourth-order valence-corrected chi connectivity index (χ4v) is 2.54. The van der Waals surface area contributed by atoms with Gasteiger partial charge in [-0.05, 0) is 38.8 Å². The number of hydrogen-bond donors (Lipinski definition) is 1. The molecule has 3 heteroatoms. The summed E-state index contributed by atoms with van der Waals surface area (Å²) >= 11 is 0. The van der Waals surface area contributed by atoms with E-state index in [1.165, 1.54) is 25.7 Å². The lowest BCUT2D eigenvalue weighted by Crippen LogP contribution is -2.46. The Morgan fingerprint density at radius 3 is 2.29 bits per heavy atom. The topological polar surface area (TPSA) is 32.7 Å². The van der Waals surface area contributed by atoms with Crippen molar-refractivity contribution in [3.63, 3.8) is 0 Å². The van der Waals surface area contributed by atoms with Crippen molar-refractivity contribution in [3.8, 4) is 0 Å². The Kier molecular flexibility index (Phi) is 7.82. The van der Waals surface area contributed by atoms with Crippen LogP contribution in [0.5, 0.6) is 0 Å². The largest absolute Gasteiger partial charge is 0.395 e. The lowest BCUT2D eigenvalue weighted by molar-refractivity contribution is -0.00314. The normalized spacial score (nSPS) is 22.2. The Morgan fingerprint density at radius 2 is 1.88 bits per heavy atom. The smallest absolute Gasteiger partial charge is 0.0753 e. The molecule has 2 atom stereocenters. The molecule has 3 nitrogen and oxygen atoms in total. The highest BCUT2D eigenvalue weighted by molar-refractivity contribution is 4.82. The second kappa shape index (κ2) is 8.90. The van der Waals surface area contributed by atoms with Crippen molar-refractivity contribution in [1.29, 1.82) is 0 Å². The zero-order valence-electron chi connectivity index (χ0n) is 11.5. The summed E-state index contributed by atoms with van der Waals surface area (Å²) in [4.78, 5) is 2.45. The van der Waals surface area contributed by atoms with Gasteiger partial charge in [-0.2, -0.15) is 0 Å². The molecule has 0 unspecified atom stereocenters. The first-order valence-corrected chi connectivity index (χ1v) is 7.30. The van der Waals surface area contributed by atoms with Gasteiger partial charge in [-0.25, -0.2) is 0 Å². The molecule has 0 amide bonds. The first kappa shape index (κ1) is 14.9. The molecule has 1 aliphatic rings. The minimum absolute atomic E-state index is 0.218. The zero-order chi connectivity index (χ0) is 12.5. The van der Waals surface area contributed by atoms with Gasteiger partial charge in [-0.15, -0.1) is 0 Å². The summed E-state index contributed by atoms with van der Waals surface area (Å²) in [5.41, 5.74) is 0. The van der Waals surface area contributed by atoms with Crippen LogP contribution in [0.15, 0.2) is 0 Å². The van der Waals surface area contributed by atoms with Crippen LogP contribution in [0.2, 0.25) is 0 Å². The molecule has 0 spiro atoms. The number of nitrogens with zero attached hydrogens (tertiary/aromatic N) is 1. The van der Waals surface area contributed by atoms with Crippen LogP contribution in [0.25, 0.3) is 0 Å². The molecular weight excluding hydrogens is 214 g/mol. The molecule has 0 aromatic heterocycles. The summed E-state index contributed by atoms with van der Waals surface area (Å²) in [5.74, 6) is 0. The van der Waals surface area contributed by atoms with Crippen LogP contribution < -0.4 is 0 Å². The van der Waals surface area contributed by atoms with Gasteiger partial charge in [0.2, 0.25) is 0 Å². The van der Waals surface area contributed by atoms with Gasteiger partial charge in [-0.1, -0.05) is 26.7 Å². The molecule has 1 N–H and O–H groups in total. The average Bonchev–Trinajstić information content (AvgIpc) is 2.86. The third kappa shape index (κ3) is 4.94. The van der Waals surface area contributed by atoms with Crippen LogP contribution in [0, 0.1) is 0 Å². The summed E-state index contributed by atoms with van der Waals surface area (Å²) in [6, 6.07) is 0.218. The van der Waals surface area contributed by atoms with E-state index in [2.05, 4.69) is 18.7 Å². The van der Waals surface area contributed by atoms with Crippen molar-refractivity contribution >= 4 is 0 Å². The van der Waals surface area contributed by atoms with Gasteiger partial charge in [-0.3, -0.25) is 4.90 Å². The van der Waals surface area contributed by atoms with Gasteiger partial charge in [0, 0.05) is 6.61 Å². The van der Waals surface area contributed by atoms with Crippen molar-refractivity contribution in [2.75, 3.05) is 26.3 Å². The molecule has 0 bridgehead atoms. The van der Waals surface area contributed by atoms with E-state index in [0.717, 1.165) is 32.5 Å². The van der Waals surface area contributed by atoms with E-state index in [1.54, 1.807) is 0 Å². The van der Waals surface area contributed by atoms with Gasteiger partial charge < -0.3 is 9.84 Å². The van der Waals surface area contributed by atoms with Crippen molar-refractivity contribution in [2.45, 2.75) is 64.5 Å². The molecule has 1 aliphatic heterocycles. The van der Waals surface area contributed by atoms with Crippen LogP contribution in [0.3, 0.4) is 0 Å². The third-order valence-electron chi connectivity index (χ3n) is 3.65. The zero-order valence-corrected chi connectivity index (χ0v) is 11.5. The minimum Gasteiger partial charge on any atom is -0.395 e. The van der Waals surface area contributed by atoms with E-state index < -0.39 is 0 Å². The number of hydrogen-bond acceptors (Lipinski definition) is 3. The van der Waals surface area contributed by atoms with Gasteiger partial charge >= 0.3 is 0 Å². The SMILES string of the molecule is CCCCN(CCCC)[C@H](CO)[C@@H]1CCCO1. The van der Waals surface area contributed by atoms with Crippen LogP contribution in [-0.2, 0) is 4.74 Å². The van der Waals surface area contributed by atoms with Gasteiger partial charge in [0.05, 0.1) is 18.8 Å². The van der Waals surface area contributed by atoms with Crippen molar-refractivity contribution < 1.29 is 9.84 Å². The van der Waals surface area contributed by atoms with Crippen molar-refractivity contribution in [2.24, 2.45) is 0 Å². The molecule has 1 rings (SSSR count). The van der Waals surface area contributed by atoms with E-state index in [9.17, 15) is 5.11 Å². The Hall–Kier alpha value is -0.120. The standard InChI is InChI=1S/C14H29NO2/c1-3-5-9-15(10-6-4-2)13(12-16)14-8-7-11-17-14/h13-14,16H,3-12H2,1-2H3/t13-,14+/m1/s1. The molecule has 0 aromatic carbocycles. The monoisotopic (exact) mass is 243 g/mol. The summed E-state index contributed by atoms with van der Waals surface area (Å²) in [6.45, 7) is 7.74. The second-order valence-electron chi connectivity index (χ2n) is 5.04. The number of unbranched alkanes of at least 4 members (excludes halogenated alkanes) is 2. The first-order chi connectivity index (χ1) is 8.33. The van der Waals surface area contributed by atoms with E-state index in [1.807, 2.05) is 0 Å². The van der Waals surface area contributed by atoms with Crippen molar-refractivity contribution in [3.05, 3.63) is 0 Å². The Morgan fingerprint density at radius 1 is 1.24 bits per heavy atom. The minimum atomic E-state index is 0.218. The Labute approximate surface area is 106 Å². The number of aliphatic hydroxyl groups excluding tert-OH is 1. The van der Waals surface area contributed by atoms with Crippen LogP contribution in [0.1, 0.15) is 52.4 Å². The second-order valence-corrected chi connectivity index (χ2v) is 5.04. The number of ether oxygens (including phenoxy) is 1. The third-order valence-corrected chi connectivity index (χ3v) is 3.65. The molecule has 17 heavy (non-hydrogen) atoms. The van der Waals surface area contributed by atoms with E-state index in [0.29, 0.717) is 0 Å². The van der Waals surface area contributed by atoms with Gasteiger partial charge in [0.25, 0.3) is 0 Å². The Balaban J connectivity index is 2.49. The highest BCUT2D eigenvalue weighted by Crippen LogP contribution is 2.20. The predicted octanol–water partition coefficient (Wildman–Crippen LogP) is 2.43. The van der Waals surface area contributed by atoms with Crippen LogP contribution in [-0.4, -0.2) is 48.5 Å². The predicted molar refractivity (Wildman–Crippen MR) is 71.2 cm³/mol. The molecular formula is C14H29NO2. The Bertz CT molecular complexity index is 173. The summed E-state index contributed by atoms with van der Waals surface area (Å²) < 4.78 is 5.75. The van der Waals surface area contributed by atoms with E-state index >= 15 is 0 Å². The highest BCUT2D eigenvalue weighted by atomic mass is 16.5. The molecule has 0 radical (unpaired) electrons. The van der Waals surface area contributed by atoms with E-state index in [-0.39, 0.29) is 18.8 Å². The summed E-state index contributed by atoms with van der Waals surface area (Å²) in [5, 5.41) is 9.63. The van der Waals surface area contributed by atoms with Crippen LogP contribution in [0.4, 0.5) is 0 Å². The average molecular weight is 243 g/mol. The van der Waals surface area contributed by atoms with Gasteiger partial charge in [0.15, 0.2) is 0 Å². The quantitative estimate of drug-likeness (QED) is 0.675. The van der Waals surface area contributed by atoms with Crippen molar-refractivity contribution in [1.82, 2.24) is 4.90 Å². The summed E-state index contributed by atoms with van der Waals surface area (Å²) in [7, 11) is 0. The van der Waals surface area contributed by atoms with Gasteiger partial charge in [0.1, 0.15) is 0 Å². The maximum absolute atomic E-state index is 9.63.